The largest absolute Gasteiger partial charge is 0.488 e. The van der Waals surface area contributed by atoms with Crippen molar-refractivity contribution in [2.24, 2.45) is 5.73 Å². The monoisotopic (exact) mass is 327 g/mol. The normalized spacial score (nSPS) is 16.9. The van der Waals surface area contributed by atoms with E-state index in [1.54, 1.807) is 6.07 Å². The highest BCUT2D eigenvalue weighted by Crippen LogP contribution is 2.44. The molecule has 0 aliphatic carbocycles. The van der Waals surface area contributed by atoms with Crippen molar-refractivity contribution in [3.8, 4) is 16.9 Å². The van der Waals surface area contributed by atoms with Gasteiger partial charge >= 0.3 is 0 Å². The van der Waals surface area contributed by atoms with Crippen LogP contribution in [0.5, 0.6) is 5.75 Å². The first-order valence-corrected chi connectivity index (χ1v) is 7.37. The summed E-state index contributed by atoms with van der Waals surface area (Å²) in [6, 6.07) is 9.26. The average Bonchev–Trinajstić information content (AvgIpc) is 2.84. The van der Waals surface area contributed by atoms with E-state index in [0.29, 0.717) is 21.6 Å². The summed E-state index contributed by atoms with van der Waals surface area (Å²) in [4.78, 5) is 0. The number of hydrogen-bond acceptors (Lipinski definition) is 2. The first kappa shape index (κ1) is 14.0. The van der Waals surface area contributed by atoms with Crippen LogP contribution in [0.4, 0.5) is 0 Å². The van der Waals surface area contributed by atoms with Gasteiger partial charge in [-0.05, 0) is 23.8 Å². The van der Waals surface area contributed by atoms with Gasteiger partial charge in [0.25, 0.3) is 0 Å². The van der Waals surface area contributed by atoms with Crippen molar-refractivity contribution in [2.45, 2.75) is 12.5 Å². The van der Waals surface area contributed by atoms with Crippen molar-refractivity contribution in [3.05, 3.63) is 51.0 Å². The smallest absolute Gasteiger partial charge is 0.131 e. The lowest BCUT2D eigenvalue weighted by Crippen LogP contribution is -2.24. The van der Waals surface area contributed by atoms with Gasteiger partial charge in [-0.1, -0.05) is 46.9 Å². The Labute approximate surface area is 132 Å². The summed E-state index contributed by atoms with van der Waals surface area (Å²) >= 11 is 18.6. The van der Waals surface area contributed by atoms with E-state index in [1.807, 2.05) is 24.3 Å². The van der Waals surface area contributed by atoms with Crippen molar-refractivity contribution in [2.75, 3.05) is 6.54 Å². The molecule has 0 bridgehead atoms. The molecule has 1 aliphatic rings. The molecule has 0 spiro atoms. The standard InChI is InChI=1S/C15H12Cl3NO/c16-9-4-8-5-10(7-19)20-15(8)12(6-9)11-2-1-3-13(17)14(11)18/h1-4,6,10H,5,7,19H2/t10-/m1/s1. The van der Waals surface area contributed by atoms with E-state index in [4.69, 9.17) is 45.3 Å². The number of nitrogens with two attached hydrogens (primary N) is 1. The zero-order valence-corrected chi connectivity index (χ0v) is 12.8. The van der Waals surface area contributed by atoms with E-state index in [2.05, 4.69) is 0 Å². The number of hydrogen-bond donors (Lipinski definition) is 1. The number of ether oxygens (including phenoxy) is 1. The van der Waals surface area contributed by atoms with Crippen molar-refractivity contribution in [1.29, 1.82) is 0 Å². The molecule has 104 valence electrons. The van der Waals surface area contributed by atoms with Crippen LogP contribution in [0.1, 0.15) is 5.56 Å². The third-order valence-corrected chi connectivity index (χ3v) is 4.40. The fraction of sp³-hybridized carbons (Fsp3) is 0.200. The van der Waals surface area contributed by atoms with Crippen LogP contribution in [0, 0.1) is 0 Å². The van der Waals surface area contributed by atoms with Crippen molar-refractivity contribution < 1.29 is 4.74 Å². The predicted molar refractivity (Wildman–Crippen MR) is 84.1 cm³/mol. The molecule has 0 aromatic heterocycles. The predicted octanol–water partition coefficient (Wildman–Crippen LogP) is 4.58. The minimum Gasteiger partial charge on any atom is -0.488 e. The lowest BCUT2D eigenvalue weighted by molar-refractivity contribution is 0.242. The van der Waals surface area contributed by atoms with Crippen LogP contribution in [0.15, 0.2) is 30.3 Å². The quantitative estimate of drug-likeness (QED) is 0.876. The third-order valence-electron chi connectivity index (χ3n) is 3.37. The zero-order chi connectivity index (χ0) is 14.3. The molecule has 0 saturated heterocycles. The molecule has 1 atom stereocenters. The molecule has 0 unspecified atom stereocenters. The van der Waals surface area contributed by atoms with Gasteiger partial charge in [0.1, 0.15) is 11.9 Å². The number of rotatable bonds is 2. The van der Waals surface area contributed by atoms with E-state index in [-0.39, 0.29) is 6.10 Å². The zero-order valence-electron chi connectivity index (χ0n) is 10.5. The molecule has 2 N–H and O–H groups in total. The molecule has 0 fully saturated rings. The van der Waals surface area contributed by atoms with Gasteiger partial charge in [-0.15, -0.1) is 0 Å². The molecule has 0 amide bonds. The molecule has 1 heterocycles. The van der Waals surface area contributed by atoms with Crippen LogP contribution < -0.4 is 10.5 Å². The number of halogens is 3. The van der Waals surface area contributed by atoms with Gasteiger partial charge in [-0.2, -0.15) is 0 Å². The topological polar surface area (TPSA) is 35.2 Å². The second kappa shape index (κ2) is 5.45. The molecule has 0 radical (unpaired) electrons. The Balaban J connectivity index is 2.18. The van der Waals surface area contributed by atoms with Crippen molar-refractivity contribution >= 4 is 34.8 Å². The van der Waals surface area contributed by atoms with Gasteiger partial charge in [0.2, 0.25) is 0 Å². The third kappa shape index (κ3) is 2.38. The Morgan fingerprint density at radius 1 is 1.15 bits per heavy atom. The molecule has 5 heteroatoms. The van der Waals surface area contributed by atoms with Crippen LogP contribution in [0.3, 0.4) is 0 Å². The van der Waals surface area contributed by atoms with Crippen LogP contribution in [0.25, 0.3) is 11.1 Å². The summed E-state index contributed by atoms with van der Waals surface area (Å²) in [7, 11) is 0. The summed E-state index contributed by atoms with van der Waals surface area (Å²) in [5.74, 6) is 0.800. The second-order valence-electron chi connectivity index (χ2n) is 4.72. The minimum absolute atomic E-state index is 0.0137. The number of benzene rings is 2. The van der Waals surface area contributed by atoms with Gasteiger partial charge in [0.15, 0.2) is 0 Å². The van der Waals surface area contributed by atoms with E-state index >= 15 is 0 Å². The Morgan fingerprint density at radius 3 is 2.70 bits per heavy atom. The average molecular weight is 329 g/mol. The molecular formula is C15H12Cl3NO. The SMILES string of the molecule is NC[C@H]1Cc2cc(Cl)cc(-c3cccc(Cl)c3Cl)c2O1. The highest BCUT2D eigenvalue weighted by atomic mass is 35.5. The first-order chi connectivity index (χ1) is 9.60. The van der Waals surface area contributed by atoms with Crippen LogP contribution >= 0.6 is 34.8 Å². The maximum absolute atomic E-state index is 6.30. The van der Waals surface area contributed by atoms with Crippen LogP contribution in [-0.2, 0) is 6.42 Å². The van der Waals surface area contributed by atoms with Gasteiger partial charge in [0, 0.05) is 29.1 Å². The van der Waals surface area contributed by atoms with E-state index in [9.17, 15) is 0 Å². The number of fused-ring (bicyclic) bond motifs is 1. The van der Waals surface area contributed by atoms with Gasteiger partial charge < -0.3 is 10.5 Å². The van der Waals surface area contributed by atoms with Crippen LogP contribution in [-0.4, -0.2) is 12.6 Å². The molecule has 2 aromatic carbocycles. The molecule has 2 aromatic rings. The van der Waals surface area contributed by atoms with Gasteiger partial charge in [-0.3, -0.25) is 0 Å². The summed E-state index contributed by atoms with van der Waals surface area (Å²) in [6.07, 6.45) is 0.748. The fourth-order valence-electron chi connectivity index (χ4n) is 2.44. The maximum Gasteiger partial charge on any atom is 0.131 e. The summed E-state index contributed by atoms with van der Waals surface area (Å²) in [5, 5.41) is 1.65. The van der Waals surface area contributed by atoms with Gasteiger partial charge in [0.05, 0.1) is 10.0 Å². The lowest BCUT2D eigenvalue weighted by Gasteiger charge is -2.13. The Bertz CT molecular complexity index is 672. The second-order valence-corrected chi connectivity index (χ2v) is 5.94. The molecule has 2 nitrogen and oxygen atoms in total. The van der Waals surface area contributed by atoms with Crippen LogP contribution in [0.2, 0.25) is 15.1 Å². The minimum atomic E-state index is -0.0137. The molecule has 0 saturated carbocycles. The highest BCUT2D eigenvalue weighted by molar-refractivity contribution is 6.43. The highest BCUT2D eigenvalue weighted by Gasteiger charge is 2.26. The summed E-state index contributed by atoms with van der Waals surface area (Å²) in [6.45, 7) is 0.467. The Morgan fingerprint density at radius 2 is 1.95 bits per heavy atom. The van der Waals surface area contributed by atoms with E-state index < -0.39 is 0 Å². The Hall–Kier alpha value is -0.930. The first-order valence-electron chi connectivity index (χ1n) is 6.23. The molecule has 3 rings (SSSR count). The van der Waals surface area contributed by atoms with E-state index in [0.717, 1.165) is 28.9 Å². The Kier molecular flexibility index (Phi) is 3.83. The van der Waals surface area contributed by atoms with Crippen molar-refractivity contribution in [3.63, 3.8) is 0 Å². The molecular weight excluding hydrogens is 317 g/mol. The van der Waals surface area contributed by atoms with E-state index in [1.165, 1.54) is 0 Å². The molecule has 20 heavy (non-hydrogen) atoms. The summed E-state index contributed by atoms with van der Waals surface area (Å²) in [5.41, 5.74) is 8.42. The maximum atomic E-state index is 6.30. The summed E-state index contributed by atoms with van der Waals surface area (Å²) < 4.78 is 5.91. The molecule has 1 aliphatic heterocycles. The fourth-order valence-corrected chi connectivity index (χ4v) is 3.08. The van der Waals surface area contributed by atoms with Gasteiger partial charge in [-0.25, -0.2) is 0 Å². The van der Waals surface area contributed by atoms with Crippen molar-refractivity contribution in [1.82, 2.24) is 0 Å². The lowest BCUT2D eigenvalue weighted by atomic mass is 10.0.